The van der Waals surface area contributed by atoms with E-state index in [0.717, 1.165) is 17.6 Å². The van der Waals surface area contributed by atoms with E-state index in [1.165, 1.54) is 25.7 Å². The van der Waals surface area contributed by atoms with Crippen molar-refractivity contribution < 1.29 is 9.53 Å². The number of esters is 1. The Morgan fingerprint density at radius 2 is 2.19 bits per heavy atom. The van der Waals surface area contributed by atoms with E-state index in [1.54, 1.807) is 6.92 Å². The van der Waals surface area contributed by atoms with Crippen molar-refractivity contribution >= 4 is 5.97 Å². The van der Waals surface area contributed by atoms with Crippen LogP contribution in [0.15, 0.2) is 24.0 Å². The topological polar surface area (TPSA) is 26.3 Å². The third kappa shape index (κ3) is 1.35. The number of fused-ring (bicyclic) bond motifs is 5. The lowest BCUT2D eigenvalue weighted by molar-refractivity contribution is -0.135. The SMILES string of the molecule is C=C(C)C(=O)OC1=CC2CC1C1CCCC21. The summed E-state index contributed by atoms with van der Waals surface area (Å²) in [5.74, 6) is 3.58. The van der Waals surface area contributed by atoms with Crippen LogP contribution in [0.5, 0.6) is 0 Å². The maximum absolute atomic E-state index is 11.5. The summed E-state index contributed by atoms with van der Waals surface area (Å²) in [5.41, 5.74) is 0.492. The zero-order valence-electron chi connectivity index (χ0n) is 9.74. The van der Waals surface area contributed by atoms with Crippen LogP contribution in [0.2, 0.25) is 0 Å². The maximum Gasteiger partial charge on any atom is 0.338 e. The van der Waals surface area contributed by atoms with Crippen molar-refractivity contribution in [3.05, 3.63) is 24.0 Å². The third-order valence-electron chi connectivity index (χ3n) is 4.52. The van der Waals surface area contributed by atoms with Gasteiger partial charge in [-0.2, -0.15) is 0 Å². The standard InChI is InChI=1S/C14H18O2/c1-8(2)14(15)16-13-7-9-6-12(13)11-5-3-4-10(9)11/h7,9-12H,1,3-6H2,2H3. The molecule has 2 heteroatoms. The van der Waals surface area contributed by atoms with Crippen molar-refractivity contribution in [3.63, 3.8) is 0 Å². The first-order valence-corrected chi connectivity index (χ1v) is 6.26. The van der Waals surface area contributed by atoms with E-state index in [1.807, 2.05) is 0 Å². The lowest BCUT2D eigenvalue weighted by atomic mass is 9.85. The molecule has 3 aliphatic rings. The van der Waals surface area contributed by atoms with Crippen molar-refractivity contribution in [2.24, 2.45) is 23.7 Å². The van der Waals surface area contributed by atoms with Crippen molar-refractivity contribution in [2.45, 2.75) is 32.6 Å². The summed E-state index contributed by atoms with van der Waals surface area (Å²) in [7, 11) is 0. The molecule has 2 fully saturated rings. The fraction of sp³-hybridized carbons (Fsp3) is 0.643. The highest BCUT2D eigenvalue weighted by molar-refractivity contribution is 5.87. The Labute approximate surface area is 96.4 Å². The van der Waals surface area contributed by atoms with Crippen LogP contribution in [0, 0.1) is 23.7 Å². The molecule has 0 N–H and O–H groups in total. The Kier molecular flexibility index (Phi) is 2.20. The van der Waals surface area contributed by atoms with Gasteiger partial charge in [0.1, 0.15) is 5.76 Å². The van der Waals surface area contributed by atoms with Gasteiger partial charge in [0, 0.05) is 11.5 Å². The number of carbonyl (C=O) groups excluding carboxylic acids is 1. The van der Waals surface area contributed by atoms with Crippen LogP contribution in [0.3, 0.4) is 0 Å². The number of ether oxygens (including phenoxy) is 1. The number of hydrogen-bond acceptors (Lipinski definition) is 2. The van der Waals surface area contributed by atoms with Crippen LogP contribution in [-0.2, 0) is 9.53 Å². The lowest BCUT2D eigenvalue weighted by Crippen LogP contribution is -2.19. The molecule has 0 radical (unpaired) electrons. The van der Waals surface area contributed by atoms with Gasteiger partial charge in [0.05, 0.1) is 0 Å². The maximum atomic E-state index is 11.5. The molecule has 4 atom stereocenters. The minimum absolute atomic E-state index is 0.256. The van der Waals surface area contributed by atoms with Crippen LogP contribution >= 0.6 is 0 Å². The Hall–Kier alpha value is -1.05. The largest absolute Gasteiger partial charge is 0.428 e. The smallest absolute Gasteiger partial charge is 0.338 e. The molecule has 86 valence electrons. The number of rotatable bonds is 2. The molecule has 0 heterocycles. The van der Waals surface area contributed by atoms with Gasteiger partial charge in [0.25, 0.3) is 0 Å². The molecule has 0 aromatic carbocycles. The van der Waals surface area contributed by atoms with Crippen LogP contribution < -0.4 is 0 Å². The summed E-state index contributed by atoms with van der Waals surface area (Å²) in [6.07, 6.45) is 7.49. The van der Waals surface area contributed by atoms with Crippen LogP contribution in [0.1, 0.15) is 32.6 Å². The second-order valence-corrected chi connectivity index (χ2v) is 5.50. The van der Waals surface area contributed by atoms with E-state index in [2.05, 4.69) is 12.7 Å². The second kappa shape index (κ2) is 3.47. The second-order valence-electron chi connectivity index (χ2n) is 5.50. The third-order valence-corrected chi connectivity index (χ3v) is 4.52. The molecule has 0 amide bonds. The summed E-state index contributed by atoms with van der Waals surface area (Å²) < 4.78 is 5.44. The van der Waals surface area contributed by atoms with Gasteiger partial charge in [-0.3, -0.25) is 0 Å². The molecule has 4 unspecified atom stereocenters. The van der Waals surface area contributed by atoms with E-state index in [-0.39, 0.29) is 5.97 Å². The Morgan fingerprint density at radius 1 is 1.44 bits per heavy atom. The first kappa shape index (κ1) is 10.1. The van der Waals surface area contributed by atoms with Gasteiger partial charge in [-0.25, -0.2) is 4.79 Å². The molecule has 3 rings (SSSR count). The quantitative estimate of drug-likeness (QED) is 0.526. The van der Waals surface area contributed by atoms with Crippen molar-refractivity contribution in [1.82, 2.24) is 0 Å². The normalized spacial score (nSPS) is 39.4. The molecule has 0 saturated heterocycles. The lowest BCUT2D eigenvalue weighted by Gasteiger charge is -2.24. The number of hydrogen-bond donors (Lipinski definition) is 0. The molecule has 0 aliphatic heterocycles. The molecule has 0 spiro atoms. The molecule has 2 saturated carbocycles. The molecule has 2 bridgehead atoms. The van der Waals surface area contributed by atoms with E-state index >= 15 is 0 Å². The summed E-state index contributed by atoms with van der Waals surface area (Å²) in [5, 5.41) is 0. The minimum atomic E-state index is -0.256. The highest BCUT2D eigenvalue weighted by Crippen LogP contribution is 2.58. The summed E-state index contributed by atoms with van der Waals surface area (Å²) >= 11 is 0. The highest BCUT2D eigenvalue weighted by Gasteiger charge is 2.51. The molecule has 16 heavy (non-hydrogen) atoms. The molecule has 0 aromatic heterocycles. The number of carbonyl (C=O) groups is 1. The van der Waals surface area contributed by atoms with Crippen LogP contribution in [0.4, 0.5) is 0 Å². The van der Waals surface area contributed by atoms with E-state index < -0.39 is 0 Å². The van der Waals surface area contributed by atoms with Gasteiger partial charge < -0.3 is 4.74 Å². The molecule has 0 aromatic rings. The van der Waals surface area contributed by atoms with Crippen LogP contribution in [0.25, 0.3) is 0 Å². The van der Waals surface area contributed by atoms with Crippen molar-refractivity contribution in [3.8, 4) is 0 Å². The van der Waals surface area contributed by atoms with Gasteiger partial charge in [0.2, 0.25) is 0 Å². The summed E-state index contributed by atoms with van der Waals surface area (Å²) in [4.78, 5) is 11.5. The number of allylic oxidation sites excluding steroid dienone is 2. The molecular formula is C14H18O2. The Bertz CT molecular complexity index is 380. The highest BCUT2D eigenvalue weighted by atomic mass is 16.5. The van der Waals surface area contributed by atoms with Crippen LogP contribution in [-0.4, -0.2) is 5.97 Å². The average molecular weight is 218 g/mol. The predicted octanol–water partition coefficient (Wildman–Crippen LogP) is 3.06. The molecule has 3 aliphatic carbocycles. The van der Waals surface area contributed by atoms with E-state index in [0.29, 0.717) is 17.4 Å². The fourth-order valence-electron chi connectivity index (χ4n) is 3.85. The molecular weight excluding hydrogens is 200 g/mol. The predicted molar refractivity (Wildman–Crippen MR) is 61.4 cm³/mol. The zero-order chi connectivity index (χ0) is 11.3. The summed E-state index contributed by atoms with van der Waals surface area (Å²) in [6, 6.07) is 0. The monoisotopic (exact) mass is 218 g/mol. The Balaban J connectivity index is 1.75. The van der Waals surface area contributed by atoms with Gasteiger partial charge in [-0.15, -0.1) is 0 Å². The summed E-state index contributed by atoms with van der Waals surface area (Å²) in [6.45, 7) is 5.33. The van der Waals surface area contributed by atoms with Gasteiger partial charge in [0.15, 0.2) is 0 Å². The van der Waals surface area contributed by atoms with E-state index in [9.17, 15) is 4.79 Å². The van der Waals surface area contributed by atoms with Gasteiger partial charge in [-0.05, 0) is 50.0 Å². The zero-order valence-corrected chi connectivity index (χ0v) is 9.74. The average Bonchev–Trinajstić information content (AvgIpc) is 2.87. The Morgan fingerprint density at radius 3 is 2.94 bits per heavy atom. The van der Waals surface area contributed by atoms with Gasteiger partial charge >= 0.3 is 5.97 Å². The fourth-order valence-corrected chi connectivity index (χ4v) is 3.85. The first-order chi connectivity index (χ1) is 7.66. The molecule has 2 nitrogen and oxygen atoms in total. The van der Waals surface area contributed by atoms with E-state index in [4.69, 9.17) is 4.74 Å². The van der Waals surface area contributed by atoms with Crippen molar-refractivity contribution in [2.75, 3.05) is 0 Å². The van der Waals surface area contributed by atoms with Gasteiger partial charge in [-0.1, -0.05) is 13.0 Å². The first-order valence-electron chi connectivity index (χ1n) is 6.26. The van der Waals surface area contributed by atoms with Crippen molar-refractivity contribution in [1.29, 1.82) is 0 Å². The minimum Gasteiger partial charge on any atom is -0.428 e.